The van der Waals surface area contributed by atoms with Crippen molar-refractivity contribution in [1.82, 2.24) is 19.9 Å². The van der Waals surface area contributed by atoms with Crippen LogP contribution in [0.15, 0.2) is 55.1 Å². The number of hydrogen-bond acceptors (Lipinski definition) is 7. The van der Waals surface area contributed by atoms with Crippen molar-refractivity contribution in [1.29, 1.82) is 0 Å². The summed E-state index contributed by atoms with van der Waals surface area (Å²) in [6.07, 6.45) is 4.74. The third kappa shape index (κ3) is 4.34. The summed E-state index contributed by atoms with van der Waals surface area (Å²) in [7, 11) is 1.57. The SMILES string of the molecule is COc1cc(OC(C)(C)c2ncccn2)c2c(Nc3ccc(F)c(Cl)c3)ncnc2c1. The van der Waals surface area contributed by atoms with Crippen LogP contribution in [0.1, 0.15) is 19.7 Å². The van der Waals surface area contributed by atoms with Crippen LogP contribution < -0.4 is 14.8 Å². The highest BCUT2D eigenvalue weighted by atomic mass is 35.5. The van der Waals surface area contributed by atoms with E-state index >= 15 is 0 Å². The first-order chi connectivity index (χ1) is 14.9. The molecule has 0 saturated heterocycles. The molecule has 1 N–H and O–H groups in total. The fraction of sp³-hybridized carbons (Fsp3) is 0.182. The molecule has 0 unspecified atom stereocenters. The van der Waals surface area contributed by atoms with Crippen LogP contribution >= 0.6 is 11.6 Å². The van der Waals surface area contributed by atoms with E-state index in [0.717, 1.165) is 0 Å². The van der Waals surface area contributed by atoms with Gasteiger partial charge in [-0.1, -0.05) is 11.6 Å². The fourth-order valence-corrected chi connectivity index (χ4v) is 3.24. The summed E-state index contributed by atoms with van der Waals surface area (Å²) in [5, 5.41) is 3.79. The molecule has 2 heterocycles. The van der Waals surface area contributed by atoms with Crippen molar-refractivity contribution in [2.45, 2.75) is 19.4 Å². The Labute approximate surface area is 183 Å². The highest BCUT2D eigenvalue weighted by Gasteiger charge is 2.28. The molecule has 0 bridgehead atoms. The van der Waals surface area contributed by atoms with E-state index in [1.807, 2.05) is 13.8 Å². The molecule has 0 radical (unpaired) electrons. The maximum atomic E-state index is 13.6. The maximum Gasteiger partial charge on any atom is 0.171 e. The summed E-state index contributed by atoms with van der Waals surface area (Å²) in [6, 6.07) is 9.60. The van der Waals surface area contributed by atoms with Gasteiger partial charge in [-0.2, -0.15) is 0 Å². The number of hydrogen-bond donors (Lipinski definition) is 1. The molecular weight excluding hydrogens is 421 g/mol. The third-order valence-corrected chi connectivity index (χ3v) is 4.85. The van der Waals surface area contributed by atoms with Gasteiger partial charge in [-0.15, -0.1) is 0 Å². The summed E-state index contributed by atoms with van der Waals surface area (Å²) < 4.78 is 25.3. The molecule has 0 spiro atoms. The van der Waals surface area contributed by atoms with Crippen LogP contribution in [0.25, 0.3) is 10.9 Å². The van der Waals surface area contributed by atoms with Gasteiger partial charge in [0.25, 0.3) is 0 Å². The molecule has 4 rings (SSSR count). The van der Waals surface area contributed by atoms with Gasteiger partial charge in [-0.25, -0.2) is 24.3 Å². The van der Waals surface area contributed by atoms with E-state index in [9.17, 15) is 4.39 Å². The second-order valence-electron chi connectivity index (χ2n) is 7.18. The number of nitrogens with one attached hydrogen (secondary N) is 1. The Balaban J connectivity index is 1.82. The summed E-state index contributed by atoms with van der Waals surface area (Å²) in [6.45, 7) is 3.73. The molecule has 2 aromatic carbocycles. The molecule has 31 heavy (non-hydrogen) atoms. The smallest absolute Gasteiger partial charge is 0.171 e. The highest BCUT2D eigenvalue weighted by Crippen LogP contribution is 2.38. The largest absolute Gasteiger partial charge is 0.497 e. The van der Waals surface area contributed by atoms with Crippen LogP contribution in [0.3, 0.4) is 0 Å². The van der Waals surface area contributed by atoms with Crippen LogP contribution in [0.4, 0.5) is 15.9 Å². The van der Waals surface area contributed by atoms with Crippen molar-refractivity contribution in [2.24, 2.45) is 0 Å². The molecule has 158 valence electrons. The number of methoxy groups -OCH3 is 1. The topological polar surface area (TPSA) is 82.0 Å². The quantitative estimate of drug-likeness (QED) is 0.437. The number of aromatic nitrogens is 4. The lowest BCUT2D eigenvalue weighted by atomic mass is 10.1. The average Bonchev–Trinajstić information content (AvgIpc) is 2.76. The lowest BCUT2D eigenvalue weighted by molar-refractivity contribution is 0.100. The number of rotatable bonds is 6. The Kier molecular flexibility index (Phi) is 5.56. The molecule has 0 fully saturated rings. The van der Waals surface area contributed by atoms with Crippen LogP contribution in [-0.4, -0.2) is 27.0 Å². The lowest BCUT2D eigenvalue weighted by Crippen LogP contribution is -2.28. The van der Waals surface area contributed by atoms with E-state index in [4.69, 9.17) is 21.1 Å². The number of fused-ring (bicyclic) bond motifs is 1. The molecule has 0 amide bonds. The van der Waals surface area contributed by atoms with Crippen molar-refractivity contribution in [2.75, 3.05) is 12.4 Å². The summed E-state index contributed by atoms with van der Waals surface area (Å²) in [4.78, 5) is 17.3. The first kappa shape index (κ1) is 20.7. The minimum absolute atomic E-state index is 0.00358. The van der Waals surface area contributed by atoms with Gasteiger partial charge in [0, 0.05) is 30.2 Å². The third-order valence-electron chi connectivity index (χ3n) is 4.56. The van der Waals surface area contributed by atoms with Crippen molar-refractivity contribution >= 4 is 34.0 Å². The molecule has 0 aliphatic rings. The van der Waals surface area contributed by atoms with E-state index in [-0.39, 0.29) is 5.02 Å². The molecule has 7 nitrogen and oxygen atoms in total. The Hall–Kier alpha value is -3.52. The Morgan fingerprint density at radius 1 is 1.03 bits per heavy atom. The molecule has 0 aliphatic carbocycles. The summed E-state index contributed by atoms with van der Waals surface area (Å²) in [5.41, 5.74) is 0.316. The van der Waals surface area contributed by atoms with Crippen LogP contribution in [-0.2, 0) is 5.60 Å². The molecule has 9 heteroatoms. The summed E-state index contributed by atoms with van der Waals surface area (Å²) >= 11 is 5.92. The van der Waals surface area contributed by atoms with Crippen molar-refractivity contribution in [3.8, 4) is 11.5 Å². The standard InChI is InChI=1S/C22H19ClFN5O2/c1-22(2,21-25-7-4-8-26-21)31-18-11-14(30-3)10-17-19(18)20(28-12-27-17)29-13-5-6-16(24)15(23)9-13/h4-12H,1-3H3,(H,27,28,29). The molecule has 0 aliphatic heterocycles. The molecule has 4 aromatic rings. The van der Waals surface area contributed by atoms with Gasteiger partial charge >= 0.3 is 0 Å². The number of halogens is 2. The number of ether oxygens (including phenoxy) is 2. The van der Waals surface area contributed by atoms with E-state index in [0.29, 0.717) is 39.7 Å². The first-order valence-corrected chi connectivity index (χ1v) is 9.76. The zero-order valence-corrected chi connectivity index (χ0v) is 17.8. The Morgan fingerprint density at radius 2 is 1.81 bits per heavy atom. The number of benzene rings is 2. The Morgan fingerprint density at radius 3 is 2.52 bits per heavy atom. The zero-order valence-electron chi connectivity index (χ0n) is 17.1. The van der Waals surface area contributed by atoms with Crippen LogP contribution in [0.5, 0.6) is 11.5 Å². The van der Waals surface area contributed by atoms with E-state index in [2.05, 4.69) is 25.3 Å². The highest BCUT2D eigenvalue weighted by molar-refractivity contribution is 6.31. The molecule has 0 atom stereocenters. The number of nitrogens with zero attached hydrogens (tertiary/aromatic N) is 4. The van der Waals surface area contributed by atoms with Gasteiger partial charge in [-0.05, 0) is 38.1 Å². The van der Waals surface area contributed by atoms with Crippen molar-refractivity contribution < 1.29 is 13.9 Å². The minimum Gasteiger partial charge on any atom is -0.497 e. The van der Waals surface area contributed by atoms with Gasteiger partial charge in [-0.3, -0.25) is 0 Å². The predicted octanol–water partition coefficient (Wildman–Crippen LogP) is 5.28. The zero-order chi connectivity index (χ0) is 22.0. The second-order valence-corrected chi connectivity index (χ2v) is 7.59. The van der Waals surface area contributed by atoms with Crippen LogP contribution in [0, 0.1) is 5.82 Å². The molecular formula is C22H19ClFN5O2. The first-order valence-electron chi connectivity index (χ1n) is 9.39. The van der Waals surface area contributed by atoms with E-state index in [1.54, 1.807) is 43.8 Å². The lowest BCUT2D eigenvalue weighted by Gasteiger charge is -2.26. The van der Waals surface area contributed by atoms with Gasteiger partial charge in [0.15, 0.2) is 11.4 Å². The van der Waals surface area contributed by atoms with E-state index in [1.165, 1.54) is 18.5 Å². The van der Waals surface area contributed by atoms with Gasteiger partial charge in [0.05, 0.1) is 23.0 Å². The predicted molar refractivity (Wildman–Crippen MR) is 116 cm³/mol. The fourth-order valence-electron chi connectivity index (χ4n) is 3.06. The maximum absolute atomic E-state index is 13.6. The van der Waals surface area contributed by atoms with Gasteiger partial charge in [0.2, 0.25) is 0 Å². The minimum atomic E-state index is -0.854. The molecule has 2 aromatic heterocycles. The van der Waals surface area contributed by atoms with Gasteiger partial charge in [0.1, 0.15) is 29.5 Å². The normalized spacial score (nSPS) is 11.4. The summed E-state index contributed by atoms with van der Waals surface area (Å²) in [5.74, 6) is 1.53. The number of anilines is 2. The van der Waals surface area contributed by atoms with Crippen molar-refractivity contribution in [3.63, 3.8) is 0 Å². The van der Waals surface area contributed by atoms with Crippen LogP contribution in [0.2, 0.25) is 5.02 Å². The second kappa shape index (κ2) is 8.31. The Bertz CT molecular complexity index is 1240. The molecule has 0 saturated carbocycles. The average molecular weight is 440 g/mol. The van der Waals surface area contributed by atoms with Gasteiger partial charge < -0.3 is 14.8 Å². The van der Waals surface area contributed by atoms with Crippen molar-refractivity contribution in [3.05, 3.63) is 71.8 Å². The monoisotopic (exact) mass is 439 g/mol. The van der Waals surface area contributed by atoms with E-state index < -0.39 is 11.4 Å².